The predicted molar refractivity (Wildman–Crippen MR) is 81.2 cm³/mol. The van der Waals surface area contributed by atoms with Crippen LogP contribution in [0.3, 0.4) is 0 Å². The molecule has 1 aromatic rings. The predicted octanol–water partition coefficient (Wildman–Crippen LogP) is 1.09. The number of likely N-dealkylation sites (tertiary alicyclic amines) is 2. The van der Waals surface area contributed by atoms with Crippen LogP contribution >= 0.6 is 0 Å². The Hall–Kier alpha value is -2.12. The first kappa shape index (κ1) is 15.8. The standard InChI is InChI=1S/C15H23N5O3/c1-2-12-17-13(18-23-12)11-6-4-8-20(11)14(21)10-5-3-7-19(9-10)15(16)22/h10-11H,2-9H2,1H3,(H2,16,22). The zero-order valence-corrected chi connectivity index (χ0v) is 13.4. The number of nitrogens with zero attached hydrogens (tertiary/aromatic N) is 4. The average molecular weight is 321 g/mol. The number of rotatable bonds is 3. The van der Waals surface area contributed by atoms with E-state index in [1.807, 2.05) is 11.8 Å². The molecule has 8 heteroatoms. The molecule has 2 atom stereocenters. The summed E-state index contributed by atoms with van der Waals surface area (Å²) in [6, 6.07) is -0.568. The molecule has 2 saturated heterocycles. The molecule has 23 heavy (non-hydrogen) atoms. The van der Waals surface area contributed by atoms with E-state index in [1.54, 1.807) is 4.90 Å². The number of piperidine rings is 1. The minimum absolute atomic E-state index is 0.0706. The number of hydrogen-bond acceptors (Lipinski definition) is 5. The topological polar surface area (TPSA) is 106 Å². The first-order valence-electron chi connectivity index (χ1n) is 8.27. The Labute approximate surface area is 135 Å². The van der Waals surface area contributed by atoms with Gasteiger partial charge in [-0.25, -0.2) is 4.79 Å². The maximum absolute atomic E-state index is 12.9. The smallest absolute Gasteiger partial charge is 0.314 e. The Morgan fingerprint density at radius 1 is 1.30 bits per heavy atom. The number of urea groups is 1. The molecule has 2 unspecified atom stereocenters. The molecule has 8 nitrogen and oxygen atoms in total. The molecular weight excluding hydrogens is 298 g/mol. The number of nitrogens with two attached hydrogens (primary N) is 1. The van der Waals surface area contributed by atoms with Crippen molar-refractivity contribution in [3.8, 4) is 0 Å². The third kappa shape index (κ3) is 3.16. The minimum atomic E-state index is -0.453. The molecule has 2 N–H and O–H groups in total. The van der Waals surface area contributed by atoms with E-state index >= 15 is 0 Å². The van der Waals surface area contributed by atoms with Crippen LogP contribution in [-0.4, -0.2) is 51.5 Å². The number of carbonyl (C=O) groups is 2. The molecule has 3 amide bonds. The van der Waals surface area contributed by atoms with Crippen LogP contribution in [0, 0.1) is 5.92 Å². The fraction of sp³-hybridized carbons (Fsp3) is 0.733. The van der Waals surface area contributed by atoms with Gasteiger partial charge in [0.2, 0.25) is 11.8 Å². The monoisotopic (exact) mass is 321 g/mol. The zero-order chi connectivity index (χ0) is 16.4. The number of primary amides is 1. The van der Waals surface area contributed by atoms with Gasteiger partial charge in [0.1, 0.15) is 0 Å². The Morgan fingerprint density at radius 3 is 2.78 bits per heavy atom. The van der Waals surface area contributed by atoms with E-state index in [1.165, 1.54) is 0 Å². The molecule has 0 saturated carbocycles. The summed E-state index contributed by atoms with van der Waals surface area (Å²) in [5, 5.41) is 4.03. The zero-order valence-electron chi connectivity index (χ0n) is 13.4. The normalized spacial score (nSPS) is 24.9. The number of aromatic nitrogens is 2. The lowest BCUT2D eigenvalue weighted by atomic mass is 9.96. The lowest BCUT2D eigenvalue weighted by molar-refractivity contribution is -0.138. The molecule has 0 bridgehead atoms. The summed E-state index contributed by atoms with van der Waals surface area (Å²) in [4.78, 5) is 32.0. The molecule has 1 aromatic heterocycles. The van der Waals surface area contributed by atoms with Gasteiger partial charge in [-0.3, -0.25) is 4.79 Å². The van der Waals surface area contributed by atoms with Gasteiger partial charge in [0, 0.05) is 26.1 Å². The van der Waals surface area contributed by atoms with E-state index in [-0.39, 0.29) is 17.9 Å². The van der Waals surface area contributed by atoms with Gasteiger partial charge in [0.25, 0.3) is 0 Å². The summed E-state index contributed by atoms with van der Waals surface area (Å²) in [6.45, 7) is 3.69. The highest BCUT2D eigenvalue weighted by atomic mass is 16.5. The molecule has 126 valence electrons. The van der Waals surface area contributed by atoms with Crippen LogP contribution in [0.4, 0.5) is 4.79 Å². The van der Waals surface area contributed by atoms with E-state index in [0.717, 1.165) is 25.7 Å². The third-order valence-electron chi connectivity index (χ3n) is 4.70. The van der Waals surface area contributed by atoms with Gasteiger partial charge in [-0.15, -0.1) is 0 Å². The van der Waals surface area contributed by atoms with Crippen molar-refractivity contribution in [1.82, 2.24) is 19.9 Å². The Kier molecular flexibility index (Phi) is 4.49. The lowest BCUT2D eigenvalue weighted by Gasteiger charge is -2.34. The molecular formula is C15H23N5O3. The van der Waals surface area contributed by atoms with Crippen LogP contribution in [0.25, 0.3) is 0 Å². The molecule has 0 aromatic carbocycles. The SMILES string of the molecule is CCc1nc(C2CCCN2C(=O)C2CCCN(C(N)=O)C2)no1. The first-order valence-corrected chi connectivity index (χ1v) is 8.27. The fourth-order valence-electron chi connectivity index (χ4n) is 3.46. The van der Waals surface area contributed by atoms with Crippen LogP contribution in [0.15, 0.2) is 4.52 Å². The van der Waals surface area contributed by atoms with Gasteiger partial charge in [0.05, 0.1) is 12.0 Å². The molecule has 0 radical (unpaired) electrons. The summed E-state index contributed by atoms with van der Waals surface area (Å²) in [7, 11) is 0. The average Bonchev–Trinajstić information content (AvgIpc) is 3.22. The van der Waals surface area contributed by atoms with E-state index < -0.39 is 6.03 Å². The quantitative estimate of drug-likeness (QED) is 0.897. The van der Waals surface area contributed by atoms with E-state index in [4.69, 9.17) is 10.3 Å². The first-order chi connectivity index (χ1) is 11.1. The third-order valence-corrected chi connectivity index (χ3v) is 4.70. The number of amides is 3. The maximum atomic E-state index is 12.9. The molecule has 3 heterocycles. The van der Waals surface area contributed by atoms with E-state index in [2.05, 4.69) is 10.1 Å². The summed E-state index contributed by atoms with van der Waals surface area (Å²) in [5.74, 6) is 1.07. The van der Waals surface area contributed by atoms with Crippen molar-refractivity contribution in [3.63, 3.8) is 0 Å². The van der Waals surface area contributed by atoms with Crippen molar-refractivity contribution in [3.05, 3.63) is 11.7 Å². The van der Waals surface area contributed by atoms with E-state index in [0.29, 0.717) is 37.8 Å². The van der Waals surface area contributed by atoms with Crippen molar-refractivity contribution < 1.29 is 14.1 Å². The highest BCUT2D eigenvalue weighted by molar-refractivity contribution is 5.81. The van der Waals surface area contributed by atoms with Crippen LogP contribution < -0.4 is 5.73 Å². The highest BCUT2D eigenvalue weighted by Crippen LogP contribution is 2.33. The summed E-state index contributed by atoms with van der Waals surface area (Å²) in [5.41, 5.74) is 5.35. The number of carbonyl (C=O) groups excluding carboxylic acids is 2. The maximum Gasteiger partial charge on any atom is 0.314 e. The van der Waals surface area contributed by atoms with E-state index in [9.17, 15) is 9.59 Å². The fourth-order valence-corrected chi connectivity index (χ4v) is 3.46. The van der Waals surface area contributed by atoms with Crippen molar-refractivity contribution >= 4 is 11.9 Å². The van der Waals surface area contributed by atoms with Gasteiger partial charge in [-0.05, 0) is 25.7 Å². The molecule has 3 rings (SSSR count). The van der Waals surface area contributed by atoms with Crippen LogP contribution in [-0.2, 0) is 11.2 Å². The van der Waals surface area contributed by atoms with Crippen molar-refractivity contribution in [2.24, 2.45) is 11.7 Å². The highest BCUT2D eigenvalue weighted by Gasteiger charge is 2.38. The molecule has 0 spiro atoms. The van der Waals surface area contributed by atoms with Gasteiger partial charge >= 0.3 is 6.03 Å². The second kappa shape index (κ2) is 6.55. The second-order valence-corrected chi connectivity index (χ2v) is 6.21. The Bertz CT molecular complexity index is 587. The second-order valence-electron chi connectivity index (χ2n) is 6.21. The Balaban J connectivity index is 1.71. The van der Waals surface area contributed by atoms with Crippen molar-refractivity contribution in [1.29, 1.82) is 0 Å². The number of aryl methyl sites for hydroxylation is 1. The van der Waals surface area contributed by atoms with Gasteiger partial charge in [-0.1, -0.05) is 12.1 Å². The Morgan fingerprint density at radius 2 is 2.09 bits per heavy atom. The molecule has 0 aliphatic carbocycles. The summed E-state index contributed by atoms with van der Waals surface area (Å²) < 4.78 is 5.18. The van der Waals surface area contributed by atoms with Crippen LogP contribution in [0.5, 0.6) is 0 Å². The van der Waals surface area contributed by atoms with Gasteiger partial charge in [0.15, 0.2) is 5.82 Å². The molecule has 2 fully saturated rings. The van der Waals surface area contributed by atoms with Crippen LogP contribution in [0.1, 0.15) is 50.4 Å². The lowest BCUT2D eigenvalue weighted by Crippen LogP contribution is -2.48. The van der Waals surface area contributed by atoms with Crippen LogP contribution in [0.2, 0.25) is 0 Å². The summed E-state index contributed by atoms with van der Waals surface area (Å²) >= 11 is 0. The number of hydrogen-bond donors (Lipinski definition) is 1. The van der Waals surface area contributed by atoms with Gasteiger partial charge < -0.3 is 20.1 Å². The molecule has 2 aliphatic rings. The minimum Gasteiger partial charge on any atom is -0.351 e. The molecule has 2 aliphatic heterocycles. The van der Waals surface area contributed by atoms with Crippen molar-refractivity contribution in [2.75, 3.05) is 19.6 Å². The summed E-state index contributed by atoms with van der Waals surface area (Å²) in [6.07, 6.45) is 4.06. The largest absolute Gasteiger partial charge is 0.351 e. The van der Waals surface area contributed by atoms with Gasteiger partial charge in [-0.2, -0.15) is 4.98 Å². The van der Waals surface area contributed by atoms with Crippen molar-refractivity contribution in [2.45, 2.75) is 45.1 Å².